The van der Waals surface area contributed by atoms with Gasteiger partial charge in [0, 0.05) is 20.2 Å². The zero-order valence-corrected chi connectivity index (χ0v) is 19.0. The standard InChI is InChI=1S/C24H25FN4O5/c1-15-8-4-5-9-16(15)18(13-23(31)32)26-24(33)19-12-22(34-14-21(30)28(2)3)29(27-19)20-11-7-6-10-17(20)25/h4-12,18H,13-14H2,1-3H3,(H,26,33)(H,31,32)/t18-/m0/s1. The molecule has 0 aliphatic carbocycles. The summed E-state index contributed by atoms with van der Waals surface area (Å²) in [5, 5.41) is 16.2. The van der Waals surface area contributed by atoms with Crippen LogP contribution in [0.15, 0.2) is 54.6 Å². The van der Waals surface area contributed by atoms with Crippen LogP contribution in [-0.2, 0) is 9.59 Å². The molecule has 3 rings (SSSR count). The number of nitrogens with zero attached hydrogens (tertiary/aromatic N) is 3. The molecule has 1 atom stereocenters. The summed E-state index contributed by atoms with van der Waals surface area (Å²) < 4.78 is 21.1. The zero-order chi connectivity index (χ0) is 24.8. The molecule has 2 N–H and O–H groups in total. The largest absolute Gasteiger partial charge is 0.481 e. The summed E-state index contributed by atoms with van der Waals surface area (Å²) in [6, 6.07) is 13.4. The Morgan fingerprint density at radius 2 is 1.82 bits per heavy atom. The number of hydrogen-bond donors (Lipinski definition) is 2. The second kappa shape index (κ2) is 10.6. The molecule has 1 aromatic heterocycles. The quantitative estimate of drug-likeness (QED) is 0.499. The Hall–Kier alpha value is -4.21. The molecule has 0 spiro atoms. The lowest BCUT2D eigenvalue weighted by molar-refractivity contribution is -0.137. The van der Waals surface area contributed by atoms with Gasteiger partial charge in [-0.25, -0.2) is 4.39 Å². The van der Waals surface area contributed by atoms with Crippen molar-refractivity contribution in [3.63, 3.8) is 0 Å². The van der Waals surface area contributed by atoms with Crippen molar-refractivity contribution in [3.05, 3.63) is 77.2 Å². The molecule has 0 bridgehead atoms. The number of carbonyl (C=O) groups is 3. The summed E-state index contributed by atoms with van der Waals surface area (Å²) in [6.07, 6.45) is -0.342. The first kappa shape index (κ1) is 24.4. The summed E-state index contributed by atoms with van der Waals surface area (Å²) in [7, 11) is 3.12. The van der Waals surface area contributed by atoms with E-state index in [9.17, 15) is 23.9 Å². The Morgan fingerprint density at radius 1 is 1.15 bits per heavy atom. The Labute approximate surface area is 195 Å². The number of carboxylic acids is 1. The number of likely N-dealkylation sites (N-methyl/N-ethyl adjacent to an activating group) is 1. The second-order valence-electron chi connectivity index (χ2n) is 7.79. The lowest BCUT2D eigenvalue weighted by Crippen LogP contribution is -2.31. The predicted molar refractivity (Wildman–Crippen MR) is 121 cm³/mol. The molecule has 0 fully saturated rings. The van der Waals surface area contributed by atoms with Gasteiger partial charge in [-0.15, -0.1) is 0 Å². The highest BCUT2D eigenvalue weighted by Gasteiger charge is 2.24. The minimum atomic E-state index is -1.09. The average molecular weight is 468 g/mol. The first-order chi connectivity index (χ1) is 16.2. The van der Waals surface area contributed by atoms with Crippen molar-refractivity contribution in [1.82, 2.24) is 20.0 Å². The van der Waals surface area contributed by atoms with Crippen LogP contribution in [0.25, 0.3) is 5.69 Å². The van der Waals surface area contributed by atoms with Crippen LogP contribution < -0.4 is 10.1 Å². The predicted octanol–water partition coefficient (Wildman–Crippen LogP) is 2.73. The fourth-order valence-electron chi connectivity index (χ4n) is 3.26. The van der Waals surface area contributed by atoms with Crippen molar-refractivity contribution in [2.45, 2.75) is 19.4 Å². The highest BCUT2D eigenvalue weighted by atomic mass is 19.1. The van der Waals surface area contributed by atoms with Crippen LogP contribution in [0.3, 0.4) is 0 Å². The van der Waals surface area contributed by atoms with Gasteiger partial charge in [0.15, 0.2) is 12.3 Å². The number of halogens is 1. The number of rotatable bonds is 9. The van der Waals surface area contributed by atoms with Crippen LogP contribution >= 0.6 is 0 Å². The van der Waals surface area contributed by atoms with Crippen molar-refractivity contribution in [2.75, 3.05) is 20.7 Å². The molecule has 0 saturated heterocycles. The van der Waals surface area contributed by atoms with Crippen LogP contribution in [0.4, 0.5) is 4.39 Å². The molecule has 0 radical (unpaired) electrons. The zero-order valence-electron chi connectivity index (χ0n) is 19.0. The van der Waals surface area contributed by atoms with Crippen molar-refractivity contribution in [2.24, 2.45) is 0 Å². The van der Waals surface area contributed by atoms with Gasteiger partial charge in [0.1, 0.15) is 11.5 Å². The van der Waals surface area contributed by atoms with Crippen molar-refractivity contribution >= 4 is 17.8 Å². The summed E-state index contributed by atoms with van der Waals surface area (Å²) in [4.78, 5) is 37.8. The normalized spacial score (nSPS) is 11.5. The van der Waals surface area contributed by atoms with E-state index in [0.717, 1.165) is 10.2 Å². The van der Waals surface area contributed by atoms with Gasteiger partial charge in [-0.2, -0.15) is 9.78 Å². The Balaban J connectivity index is 1.94. The maximum Gasteiger partial charge on any atom is 0.305 e. The molecule has 2 amide bonds. The highest BCUT2D eigenvalue weighted by molar-refractivity contribution is 5.93. The van der Waals surface area contributed by atoms with Gasteiger partial charge in [-0.3, -0.25) is 14.4 Å². The fraction of sp³-hybridized carbons (Fsp3) is 0.250. The molecule has 34 heavy (non-hydrogen) atoms. The molecule has 0 saturated carbocycles. The Bertz CT molecular complexity index is 1210. The van der Waals surface area contributed by atoms with E-state index >= 15 is 0 Å². The molecule has 178 valence electrons. The number of para-hydroxylation sites is 1. The lowest BCUT2D eigenvalue weighted by atomic mass is 9.98. The molecule has 1 heterocycles. The van der Waals surface area contributed by atoms with E-state index in [2.05, 4.69) is 10.4 Å². The molecule has 9 nitrogen and oxygen atoms in total. The molecule has 10 heteroatoms. The van der Waals surface area contributed by atoms with Gasteiger partial charge < -0.3 is 20.1 Å². The smallest absolute Gasteiger partial charge is 0.305 e. The minimum Gasteiger partial charge on any atom is -0.481 e. The second-order valence-corrected chi connectivity index (χ2v) is 7.79. The van der Waals surface area contributed by atoms with E-state index in [-0.39, 0.29) is 36.2 Å². The SMILES string of the molecule is Cc1ccccc1[C@H](CC(=O)O)NC(=O)c1cc(OCC(=O)N(C)C)n(-c2ccccc2F)n1. The van der Waals surface area contributed by atoms with Gasteiger partial charge in [0.2, 0.25) is 5.88 Å². The first-order valence-corrected chi connectivity index (χ1v) is 10.4. The van der Waals surface area contributed by atoms with Gasteiger partial charge in [-0.05, 0) is 30.2 Å². The maximum absolute atomic E-state index is 14.5. The van der Waals surface area contributed by atoms with Crippen LogP contribution in [0.1, 0.15) is 34.1 Å². The van der Waals surface area contributed by atoms with Crippen molar-refractivity contribution in [1.29, 1.82) is 0 Å². The Morgan fingerprint density at radius 3 is 2.47 bits per heavy atom. The number of ether oxygens (including phenoxy) is 1. The van der Waals surface area contributed by atoms with Crippen molar-refractivity contribution < 1.29 is 28.6 Å². The van der Waals surface area contributed by atoms with E-state index in [1.165, 1.54) is 29.2 Å². The van der Waals surface area contributed by atoms with E-state index in [1.807, 2.05) is 19.1 Å². The number of hydrogen-bond acceptors (Lipinski definition) is 5. The van der Waals surface area contributed by atoms with Gasteiger partial charge in [0.25, 0.3) is 11.8 Å². The summed E-state index contributed by atoms with van der Waals surface area (Å²) in [5.74, 6) is -2.72. The first-order valence-electron chi connectivity index (χ1n) is 10.4. The number of nitrogens with one attached hydrogen (secondary N) is 1. The number of carbonyl (C=O) groups excluding carboxylic acids is 2. The van der Waals surface area contributed by atoms with Gasteiger partial charge in [0.05, 0.1) is 12.5 Å². The van der Waals surface area contributed by atoms with Crippen LogP contribution in [0, 0.1) is 12.7 Å². The van der Waals surface area contributed by atoms with Gasteiger partial charge in [-0.1, -0.05) is 36.4 Å². The lowest BCUT2D eigenvalue weighted by Gasteiger charge is -2.18. The molecular formula is C24H25FN4O5. The van der Waals surface area contributed by atoms with Crippen LogP contribution in [0.5, 0.6) is 5.88 Å². The molecule has 2 aromatic carbocycles. The third-order valence-corrected chi connectivity index (χ3v) is 5.08. The third kappa shape index (κ3) is 5.77. The number of carboxylic acid groups (broad SMARTS) is 1. The van der Waals surface area contributed by atoms with E-state index in [1.54, 1.807) is 32.3 Å². The third-order valence-electron chi connectivity index (χ3n) is 5.08. The maximum atomic E-state index is 14.5. The number of aliphatic carboxylic acids is 1. The van der Waals surface area contributed by atoms with E-state index in [4.69, 9.17) is 4.74 Å². The summed E-state index contributed by atoms with van der Waals surface area (Å²) in [6.45, 7) is 1.47. The Kier molecular flexibility index (Phi) is 7.62. The van der Waals surface area contributed by atoms with Crippen LogP contribution in [0.2, 0.25) is 0 Å². The minimum absolute atomic E-state index is 0.0175. The number of aryl methyl sites for hydroxylation is 1. The van der Waals surface area contributed by atoms with Crippen molar-refractivity contribution in [3.8, 4) is 11.6 Å². The molecule has 0 unspecified atom stereocenters. The molecular weight excluding hydrogens is 443 g/mol. The topological polar surface area (TPSA) is 114 Å². The average Bonchev–Trinajstić information content (AvgIpc) is 3.21. The van der Waals surface area contributed by atoms with E-state index in [0.29, 0.717) is 5.56 Å². The summed E-state index contributed by atoms with van der Waals surface area (Å²) in [5.41, 5.74) is 1.37. The monoisotopic (exact) mass is 468 g/mol. The summed E-state index contributed by atoms with van der Waals surface area (Å²) >= 11 is 0. The van der Waals surface area contributed by atoms with Gasteiger partial charge >= 0.3 is 5.97 Å². The number of aromatic nitrogens is 2. The fourth-order valence-corrected chi connectivity index (χ4v) is 3.26. The molecule has 0 aliphatic rings. The molecule has 0 aliphatic heterocycles. The van der Waals surface area contributed by atoms with Crippen LogP contribution in [-0.4, -0.2) is 58.3 Å². The van der Waals surface area contributed by atoms with E-state index < -0.39 is 23.7 Å². The highest BCUT2D eigenvalue weighted by Crippen LogP contribution is 2.24. The number of amides is 2. The molecule has 3 aromatic rings. The number of benzene rings is 2.